The number of likely N-dealkylation sites (N-methyl/N-ethyl adjacent to an activating group) is 1. The molecule has 1 saturated carbocycles. The van der Waals surface area contributed by atoms with Crippen molar-refractivity contribution in [3.8, 4) is 0 Å². The Morgan fingerprint density at radius 3 is 2.38 bits per heavy atom. The van der Waals surface area contributed by atoms with E-state index in [0.717, 1.165) is 57.0 Å². The van der Waals surface area contributed by atoms with Gasteiger partial charge >= 0.3 is 0 Å². The third kappa shape index (κ3) is 5.43. The Morgan fingerprint density at radius 2 is 1.73 bits per heavy atom. The topological polar surface area (TPSA) is 45.4 Å². The molecule has 1 heterocycles. The van der Waals surface area contributed by atoms with E-state index in [-0.39, 0.29) is 0 Å². The van der Waals surface area contributed by atoms with Gasteiger partial charge < -0.3 is 9.32 Å². The molecule has 1 aliphatic rings. The molecule has 0 atom stereocenters. The Bertz CT molecular complexity index is 713. The molecule has 3 rings (SSSR count). The van der Waals surface area contributed by atoms with Crippen LogP contribution >= 0.6 is 23.2 Å². The summed E-state index contributed by atoms with van der Waals surface area (Å²) in [5.74, 6) is 1.96. The van der Waals surface area contributed by atoms with E-state index in [2.05, 4.69) is 33.8 Å². The molecule has 0 radical (unpaired) electrons. The zero-order valence-electron chi connectivity index (χ0n) is 15.4. The lowest BCUT2D eigenvalue weighted by atomic mass is 10.2. The van der Waals surface area contributed by atoms with Gasteiger partial charge in [0.25, 0.3) is 0 Å². The molecule has 1 aromatic carbocycles. The summed E-state index contributed by atoms with van der Waals surface area (Å²) in [6, 6.07) is 5.79. The maximum absolute atomic E-state index is 6.18. The summed E-state index contributed by atoms with van der Waals surface area (Å²) in [6.45, 7) is 9.79. The van der Waals surface area contributed by atoms with Crippen LogP contribution in [0.4, 0.5) is 0 Å². The van der Waals surface area contributed by atoms with Crippen molar-refractivity contribution in [2.24, 2.45) is 0 Å². The van der Waals surface area contributed by atoms with Gasteiger partial charge in [-0.2, -0.15) is 0 Å². The van der Waals surface area contributed by atoms with Crippen LogP contribution in [0.3, 0.4) is 0 Å². The molecule has 1 aromatic heterocycles. The van der Waals surface area contributed by atoms with E-state index in [0.29, 0.717) is 28.4 Å². The molecule has 0 amide bonds. The summed E-state index contributed by atoms with van der Waals surface area (Å²) >= 11 is 12.2. The highest BCUT2D eigenvalue weighted by Gasteiger charge is 2.29. The predicted octanol–water partition coefficient (Wildman–Crippen LogP) is 4.60. The number of aromatic nitrogens is 2. The molecule has 1 fully saturated rings. The average Bonchev–Trinajstić information content (AvgIpc) is 3.38. The Morgan fingerprint density at radius 1 is 1.00 bits per heavy atom. The standard InChI is InChI=1S/C19H26Cl2N4O/c1-3-24(4-2)9-10-25(12-14-5-8-16(20)17(21)11-14)13-18-22-23-19(26-18)15-6-7-15/h5,8,11,15H,3-4,6-7,9-10,12-13H2,1-2H3. The van der Waals surface area contributed by atoms with Crippen LogP contribution in [0, 0.1) is 0 Å². The molecular weight excluding hydrogens is 371 g/mol. The first kappa shape index (κ1) is 19.6. The van der Waals surface area contributed by atoms with Gasteiger partial charge in [-0.05, 0) is 43.6 Å². The zero-order valence-corrected chi connectivity index (χ0v) is 16.9. The van der Waals surface area contributed by atoms with Crippen molar-refractivity contribution < 1.29 is 4.42 Å². The van der Waals surface area contributed by atoms with Crippen molar-refractivity contribution in [1.82, 2.24) is 20.0 Å². The fourth-order valence-electron chi connectivity index (χ4n) is 2.95. The van der Waals surface area contributed by atoms with Crippen LogP contribution in [0.5, 0.6) is 0 Å². The third-order valence-electron chi connectivity index (χ3n) is 4.79. The number of hydrogen-bond donors (Lipinski definition) is 0. The molecule has 2 aromatic rings. The second-order valence-electron chi connectivity index (χ2n) is 6.79. The van der Waals surface area contributed by atoms with Crippen molar-refractivity contribution in [3.63, 3.8) is 0 Å². The largest absolute Gasteiger partial charge is 0.424 e. The molecule has 5 nitrogen and oxygen atoms in total. The van der Waals surface area contributed by atoms with Crippen LogP contribution in [0.1, 0.15) is 50.0 Å². The number of halogens is 2. The molecule has 1 aliphatic carbocycles. The first-order chi connectivity index (χ1) is 12.6. The second kappa shape index (κ2) is 9.18. The third-order valence-corrected chi connectivity index (χ3v) is 5.52. The average molecular weight is 397 g/mol. The summed E-state index contributed by atoms with van der Waals surface area (Å²) in [5.41, 5.74) is 1.13. The minimum atomic E-state index is 0.482. The first-order valence-corrected chi connectivity index (χ1v) is 10.1. The van der Waals surface area contributed by atoms with Gasteiger partial charge in [0, 0.05) is 25.6 Å². The molecule has 0 aliphatic heterocycles. The summed E-state index contributed by atoms with van der Waals surface area (Å²) in [6.07, 6.45) is 2.33. The highest BCUT2D eigenvalue weighted by molar-refractivity contribution is 6.42. The van der Waals surface area contributed by atoms with Crippen molar-refractivity contribution in [2.75, 3.05) is 26.2 Å². The predicted molar refractivity (Wildman–Crippen MR) is 105 cm³/mol. The van der Waals surface area contributed by atoms with Gasteiger partial charge in [-0.1, -0.05) is 43.1 Å². The molecule has 7 heteroatoms. The van der Waals surface area contributed by atoms with Gasteiger partial charge in [0.2, 0.25) is 11.8 Å². The van der Waals surface area contributed by atoms with Crippen LogP contribution < -0.4 is 0 Å². The number of benzene rings is 1. The summed E-state index contributed by atoms with van der Waals surface area (Å²) in [7, 11) is 0. The zero-order chi connectivity index (χ0) is 18.5. The lowest BCUT2D eigenvalue weighted by Crippen LogP contribution is -2.34. The van der Waals surface area contributed by atoms with E-state index in [1.807, 2.05) is 18.2 Å². The van der Waals surface area contributed by atoms with Gasteiger partial charge in [0.1, 0.15) is 0 Å². The van der Waals surface area contributed by atoms with Gasteiger partial charge in [-0.25, -0.2) is 0 Å². The fourth-order valence-corrected chi connectivity index (χ4v) is 3.27. The Kier molecular flexibility index (Phi) is 6.92. The van der Waals surface area contributed by atoms with Crippen molar-refractivity contribution >= 4 is 23.2 Å². The molecule has 0 unspecified atom stereocenters. The smallest absolute Gasteiger partial charge is 0.230 e. The van der Waals surface area contributed by atoms with Gasteiger partial charge in [0.15, 0.2) is 0 Å². The van der Waals surface area contributed by atoms with Crippen molar-refractivity contribution in [3.05, 3.63) is 45.6 Å². The highest BCUT2D eigenvalue weighted by Crippen LogP contribution is 2.39. The molecule has 0 spiro atoms. The van der Waals surface area contributed by atoms with Crippen molar-refractivity contribution in [2.45, 2.75) is 45.7 Å². The van der Waals surface area contributed by atoms with E-state index in [9.17, 15) is 0 Å². The van der Waals surface area contributed by atoms with Crippen LogP contribution in [0.25, 0.3) is 0 Å². The highest BCUT2D eigenvalue weighted by atomic mass is 35.5. The SMILES string of the molecule is CCN(CC)CCN(Cc1ccc(Cl)c(Cl)c1)Cc1nnc(C2CC2)o1. The van der Waals surface area contributed by atoms with E-state index in [4.69, 9.17) is 27.6 Å². The van der Waals surface area contributed by atoms with Gasteiger partial charge in [-0.15, -0.1) is 10.2 Å². The molecule has 0 saturated heterocycles. The van der Waals surface area contributed by atoms with Gasteiger partial charge in [0.05, 0.1) is 16.6 Å². The molecule has 26 heavy (non-hydrogen) atoms. The van der Waals surface area contributed by atoms with E-state index in [1.165, 1.54) is 0 Å². The lowest BCUT2D eigenvalue weighted by Gasteiger charge is -2.25. The lowest BCUT2D eigenvalue weighted by molar-refractivity contribution is 0.187. The van der Waals surface area contributed by atoms with E-state index >= 15 is 0 Å². The van der Waals surface area contributed by atoms with E-state index < -0.39 is 0 Å². The first-order valence-electron chi connectivity index (χ1n) is 9.30. The van der Waals surface area contributed by atoms with E-state index in [1.54, 1.807) is 0 Å². The maximum Gasteiger partial charge on any atom is 0.230 e. The normalized spacial score (nSPS) is 14.5. The van der Waals surface area contributed by atoms with Crippen molar-refractivity contribution in [1.29, 1.82) is 0 Å². The van der Waals surface area contributed by atoms with Crippen LogP contribution in [-0.2, 0) is 13.1 Å². The molecule has 142 valence electrons. The van der Waals surface area contributed by atoms with Gasteiger partial charge in [-0.3, -0.25) is 4.90 Å². The maximum atomic E-state index is 6.18. The summed E-state index contributed by atoms with van der Waals surface area (Å²) in [5, 5.41) is 9.60. The number of hydrogen-bond acceptors (Lipinski definition) is 5. The quantitative estimate of drug-likeness (QED) is 0.587. The number of nitrogens with zero attached hydrogens (tertiary/aromatic N) is 4. The molecule has 0 bridgehead atoms. The Labute approximate surface area is 165 Å². The minimum absolute atomic E-state index is 0.482. The molecule has 0 N–H and O–H groups in total. The molecular formula is C19H26Cl2N4O. The minimum Gasteiger partial charge on any atom is -0.424 e. The Hall–Kier alpha value is -1.14. The monoisotopic (exact) mass is 396 g/mol. The number of rotatable bonds is 10. The van der Waals surface area contributed by atoms with Crippen LogP contribution in [0.2, 0.25) is 10.0 Å². The summed E-state index contributed by atoms with van der Waals surface area (Å²) in [4.78, 5) is 4.73. The van der Waals surface area contributed by atoms with Crippen LogP contribution in [0.15, 0.2) is 22.6 Å². The Balaban J connectivity index is 1.67. The second-order valence-corrected chi connectivity index (χ2v) is 7.61. The summed E-state index contributed by atoms with van der Waals surface area (Å²) < 4.78 is 5.85. The fraction of sp³-hybridized carbons (Fsp3) is 0.579. The van der Waals surface area contributed by atoms with Crippen LogP contribution in [-0.4, -0.2) is 46.2 Å².